The van der Waals surface area contributed by atoms with Gasteiger partial charge >= 0.3 is 0 Å². The number of rotatable bonds is 3. The van der Waals surface area contributed by atoms with Crippen molar-refractivity contribution in [3.63, 3.8) is 0 Å². The predicted octanol–water partition coefficient (Wildman–Crippen LogP) is 0.785. The van der Waals surface area contributed by atoms with E-state index in [1.54, 1.807) is 12.3 Å². The molecule has 0 spiro atoms. The molecular formula is C16H24N4O2. The first-order chi connectivity index (χ1) is 10.7. The molecule has 2 aliphatic heterocycles. The van der Waals surface area contributed by atoms with Gasteiger partial charge in [-0.05, 0) is 31.4 Å². The van der Waals surface area contributed by atoms with Gasteiger partial charge < -0.3 is 14.8 Å². The summed E-state index contributed by atoms with van der Waals surface area (Å²) in [5, 5.41) is 0. The summed E-state index contributed by atoms with van der Waals surface area (Å²) in [4.78, 5) is 33.5. The van der Waals surface area contributed by atoms with Gasteiger partial charge in [0.2, 0.25) is 5.91 Å². The third-order valence-corrected chi connectivity index (χ3v) is 4.56. The van der Waals surface area contributed by atoms with Crippen molar-refractivity contribution in [1.82, 2.24) is 19.7 Å². The molecular weight excluding hydrogens is 280 g/mol. The molecule has 3 rings (SSSR count). The smallest absolute Gasteiger partial charge is 0.270 e. The van der Waals surface area contributed by atoms with Gasteiger partial charge in [0.05, 0.1) is 6.54 Å². The van der Waals surface area contributed by atoms with Crippen LogP contribution in [0.5, 0.6) is 0 Å². The Morgan fingerprint density at radius 3 is 2.32 bits per heavy atom. The third-order valence-electron chi connectivity index (χ3n) is 4.56. The summed E-state index contributed by atoms with van der Waals surface area (Å²) in [7, 11) is 0. The molecule has 2 fully saturated rings. The molecule has 1 aromatic heterocycles. The lowest BCUT2D eigenvalue weighted by Crippen LogP contribution is -2.52. The Bertz CT molecular complexity index is 500. The van der Waals surface area contributed by atoms with E-state index in [1.807, 2.05) is 15.9 Å². The van der Waals surface area contributed by atoms with E-state index in [9.17, 15) is 9.59 Å². The van der Waals surface area contributed by atoms with Crippen molar-refractivity contribution >= 4 is 11.8 Å². The van der Waals surface area contributed by atoms with Crippen LogP contribution in [0.2, 0.25) is 0 Å². The number of H-pyrrole nitrogens is 1. The highest BCUT2D eigenvalue weighted by atomic mass is 16.2. The highest BCUT2D eigenvalue weighted by Gasteiger charge is 2.25. The standard InChI is InChI=1S/C16H24N4O2/c21-15(19-7-2-1-3-8-19)13-18-9-11-20(12-10-18)16(22)14-5-4-6-17-14/h4-6,17H,1-3,7-13H2. The zero-order valence-corrected chi connectivity index (χ0v) is 13.0. The van der Waals surface area contributed by atoms with Crippen LogP contribution in [0.15, 0.2) is 18.3 Å². The van der Waals surface area contributed by atoms with Crippen LogP contribution in [-0.2, 0) is 4.79 Å². The van der Waals surface area contributed by atoms with Crippen LogP contribution in [0.25, 0.3) is 0 Å². The minimum atomic E-state index is 0.0482. The van der Waals surface area contributed by atoms with E-state index in [1.165, 1.54) is 6.42 Å². The van der Waals surface area contributed by atoms with Crippen molar-refractivity contribution in [2.45, 2.75) is 19.3 Å². The maximum atomic E-state index is 12.3. The second-order valence-corrected chi connectivity index (χ2v) is 6.09. The number of likely N-dealkylation sites (tertiary alicyclic amines) is 1. The van der Waals surface area contributed by atoms with Crippen molar-refractivity contribution in [3.8, 4) is 0 Å². The topological polar surface area (TPSA) is 59.7 Å². The molecule has 2 saturated heterocycles. The number of carbonyl (C=O) groups excluding carboxylic acids is 2. The molecule has 1 N–H and O–H groups in total. The van der Waals surface area contributed by atoms with Gasteiger partial charge in [0, 0.05) is 45.5 Å². The van der Waals surface area contributed by atoms with Crippen LogP contribution in [0, 0.1) is 0 Å². The second-order valence-electron chi connectivity index (χ2n) is 6.09. The first-order valence-corrected chi connectivity index (χ1v) is 8.17. The number of carbonyl (C=O) groups is 2. The molecule has 1 aromatic rings. The molecule has 0 radical (unpaired) electrons. The van der Waals surface area contributed by atoms with E-state index >= 15 is 0 Å². The molecule has 120 valence electrons. The number of amides is 2. The Morgan fingerprint density at radius 2 is 1.68 bits per heavy atom. The molecule has 2 aliphatic rings. The summed E-state index contributed by atoms with van der Waals surface area (Å²) < 4.78 is 0. The Kier molecular flexibility index (Phi) is 4.77. The fourth-order valence-electron chi connectivity index (χ4n) is 3.18. The van der Waals surface area contributed by atoms with Crippen LogP contribution in [0.4, 0.5) is 0 Å². The normalized spacial score (nSPS) is 20.2. The average molecular weight is 304 g/mol. The molecule has 6 nitrogen and oxygen atoms in total. The number of aromatic nitrogens is 1. The van der Waals surface area contributed by atoms with Crippen LogP contribution in [0.1, 0.15) is 29.8 Å². The van der Waals surface area contributed by atoms with Crippen LogP contribution >= 0.6 is 0 Å². The number of piperazine rings is 1. The zero-order chi connectivity index (χ0) is 15.4. The Hall–Kier alpha value is -1.82. The first-order valence-electron chi connectivity index (χ1n) is 8.17. The van der Waals surface area contributed by atoms with Gasteiger partial charge in [-0.1, -0.05) is 0 Å². The highest BCUT2D eigenvalue weighted by Crippen LogP contribution is 2.11. The molecule has 0 bridgehead atoms. The average Bonchev–Trinajstić information content (AvgIpc) is 3.10. The van der Waals surface area contributed by atoms with E-state index in [2.05, 4.69) is 9.88 Å². The quantitative estimate of drug-likeness (QED) is 0.898. The van der Waals surface area contributed by atoms with Gasteiger partial charge in [-0.15, -0.1) is 0 Å². The molecule has 22 heavy (non-hydrogen) atoms. The fourth-order valence-corrected chi connectivity index (χ4v) is 3.18. The molecule has 2 amide bonds. The summed E-state index contributed by atoms with van der Waals surface area (Å²) in [6, 6.07) is 3.63. The van der Waals surface area contributed by atoms with Gasteiger partial charge in [-0.3, -0.25) is 14.5 Å². The predicted molar refractivity (Wildman–Crippen MR) is 83.6 cm³/mol. The molecule has 0 atom stereocenters. The number of nitrogens with zero attached hydrogens (tertiary/aromatic N) is 3. The minimum absolute atomic E-state index is 0.0482. The second kappa shape index (κ2) is 6.96. The van der Waals surface area contributed by atoms with E-state index < -0.39 is 0 Å². The molecule has 0 unspecified atom stereocenters. The van der Waals surface area contributed by atoms with Crippen molar-refractivity contribution in [1.29, 1.82) is 0 Å². The van der Waals surface area contributed by atoms with E-state index in [4.69, 9.17) is 0 Å². The molecule has 6 heteroatoms. The molecule has 0 aromatic carbocycles. The fraction of sp³-hybridized carbons (Fsp3) is 0.625. The summed E-state index contributed by atoms with van der Waals surface area (Å²) in [5.41, 5.74) is 0.637. The Morgan fingerprint density at radius 1 is 0.955 bits per heavy atom. The Balaban J connectivity index is 1.45. The molecule has 0 aliphatic carbocycles. The van der Waals surface area contributed by atoms with Crippen molar-refractivity contribution in [2.24, 2.45) is 0 Å². The van der Waals surface area contributed by atoms with E-state index in [0.717, 1.165) is 39.0 Å². The summed E-state index contributed by atoms with van der Waals surface area (Å²) in [6.45, 7) is 5.22. The number of hydrogen-bond donors (Lipinski definition) is 1. The van der Waals surface area contributed by atoms with E-state index in [0.29, 0.717) is 25.3 Å². The first kappa shape index (κ1) is 15.1. The molecule has 0 saturated carbocycles. The number of nitrogens with one attached hydrogen (secondary N) is 1. The lowest BCUT2D eigenvalue weighted by molar-refractivity contribution is -0.133. The number of aromatic amines is 1. The Labute approximate surface area is 131 Å². The molecule has 3 heterocycles. The third kappa shape index (κ3) is 3.50. The largest absolute Gasteiger partial charge is 0.357 e. The number of piperidine rings is 1. The van der Waals surface area contributed by atoms with Crippen molar-refractivity contribution in [2.75, 3.05) is 45.8 Å². The minimum Gasteiger partial charge on any atom is -0.357 e. The number of hydrogen-bond acceptors (Lipinski definition) is 3. The SMILES string of the molecule is O=C(CN1CCN(C(=O)c2ccc[nH]2)CC1)N1CCCCC1. The van der Waals surface area contributed by atoms with Crippen LogP contribution in [-0.4, -0.2) is 77.3 Å². The van der Waals surface area contributed by atoms with Crippen LogP contribution < -0.4 is 0 Å². The van der Waals surface area contributed by atoms with Gasteiger partial charge in [-0.25, -0.2) is 0 Å². The lowest BCUT2D eigenvalue weighted by atomic mass is 10.1. The maximum absolute atomic E-state index is 12.3. The highest BCUT2D eigenvalue weighted by molar-refractivity contribution is 5.92. The van der Waals surface area contributed by atoms with Gasteiger partial charge in [0.1, 0.15) is 5.69 Å². The summed E-state index contributed by atoms with van der Waals surface area (Å²) in [5.74, 6) is 0.288. The van der Waals surface area contributed by atoms with Gasteiger partial charge in [0.15, 0.2) is 0 Å². The van der Waals surface area contributed by atoms with Crippen molar-refractivity contribution < 1.29 is 9.59 Å². The van der Waals surface area contributed by atoms with Crippen LogP contribution in [0.3, 0.4) is 0 Å². The maximum Gasteiger partial charge on any atom is 0.270 e. The zero-order valence-electron chi connectivity index (χ0n) is 13.0. The summed E-state index contributed by atoms with van der Waals surface area (Å²) >= 11 is 0. The van der Waals surface area contributed by atoms with Gasteiger partial charge in [-0.2, -0.15) is 0 Å². The summed E-state index contributed by atoms with van der Waals surface area (Å²) in [6.07, 6.45) is 5.26. The monoisotopic (exact) mass is 304 g/mol. The van der Waals surface area contributed by atoms with Crippen molar-refractivity contribution in [3.05, 3.63) is 24.0 Å². The van der Waals surface area contributed by atoms with E-state index in [-0.39, 0.29) is 11.8 Å². The lowest BCUT2D eigenvalue weighted by Gasteiger charge is -2.35. The van der Waals surface area contributed by atoms with Gasteiger partial charge in [0.25, 0.3) is 5.91 Å².